The van der Waals surface area contributed by atoms with Crippen LogP contribution in [0.2, 0.25) is 0 Å². The molecule has 1 aromatic heterocycles. The summed E-state index contributed by atoms with van der Waals surface area (Å²) in [5.74, 6) is 1.43. The Balaban J connectivity index is 1.83. The molecule has 3 rings (SSSR count). The van der Waals surface area contributed by atoms with Crippen LogP contribution in [-0.2, 0) is 6.54 Å². The maximum Gasteiger partial charge on any atom is 0.178 e. The third-order valence-electron chi connectivity index (χ3n) is 4.25. The predicted octanol–water partition coefficient (Wildman–Crippen LogP) is 3.44. The lowest BCUT2D eigenvalue weighted by molar-refractivity contribution is 0.272. The molecule has 1 fully saturated rings. The zero-order valence-corrected chi connectivity index (χ0v) is 13.6. The second-order valence-electron chi connectivity index (χ2n) is 6.01. The molecule has 114 valence electrons. The summed E-state index contributed by atoms with van der Waals surface area (Å²) in [4.78, 5) is 5.84. The number of H-pyrrole nitrogens is 1. The lowest BCUT2D eigenvalue weighted by Gasteiger charge is -2.20. The molecule has 2 aromatic rings. The zero-order valence-electron chi connectivity index (χ0n) is 12.8. The minimum atomic E-state index is 0.583. The molecule has 1 saturated heterocycles. The third kappa shape index (κ3) is 2.99. The number of nitrogens with zero attached hydrogens (tertiary/aromatic N) is 2. The highest BCUT2D eigenvalue weighted by Gasteiger charge is 2.16. The van der Waals surface area contributed by atoms with Crippen molar-refractivity contribution in [3.63, 3.8) is 0 Å². The monoisotopic (exact) mass is 305 g/mol. The van der Waals surface area contributed by atoms with Gasteiger partial charge in [0.1, 0.15) is 11.3 Å². The maximum absolute atomic E-state index is 5.50. The van der Waals surface area contributed by atoms with Crippen molar-refractivity contribution in [1.82, 2.24) is 14.5 Å². The van der Waals surface area contributed by atoms with Gasteiger partial charge in [0.15, 0.2) is 4.77 Å². The molecule has 1 unspecified atom stereocenters. The van der Waals surface area contributed by atoms with E-state index in [1.807, 2.05) is 12.1 Å². The van der Waals surface area contributed by atoms with Gasteiger partial charge in [0, 0.05) is 13.1 Å². The Hall–Kier alpha value is -1.33. The number of likely N-dealkylation sites (tertiary alicyclic amines) is 1. The normalized spacial score (nSPS) is 17.4. The van der Waals surface area contributed by atoms with Crippen LogP contribution in [0.25, 0.3) is 11.0 Å². The Morgan fingerprint density at radius 1 is 1.29 bits per heavy atom. The van der Waals surface area contributed by atoms with Crippen LogP contribution in [0.1, 0.15) is 19.8 Å². The maximum atomic E-state index is 5.50. The first kappa shape index (κ1) is 14.6. The van der Waals surface area contributed by atoms with Crippen LogP contribution in [0.4, 0.5) is 0 Å². The van der Waals surface area contributed by atoms with Gasteiger partial charge in [-0.15, -0.1) is 0 Å². The number of methoxy groups -OCH3 is 1. The number of aromatic nitrogens is 2. The van der Waals surface area contributed by atoms with Crippen molar-refractivity contribution in [2.75, 3.05) is 26.7 Å². The fourth-order valence-corrected chi connectivity index (χ4v) is 3.56. The van der Waals surface area contributed by atoms with E-state index in [1.165, 1.54) is 25.9 Å². The van der Waals surface area contributed by atoms with Crippen molar-refractivity contribution in [2.45, 2.75) is 26.3 Å². The number of hydrogen-bond donors (Lipinski definition) is 1. The van der Waals surface area contributed by atoms with Gasteiger partial charge in [-0.2, -0.15) is 0 Å². The highest BCUT2D eigenvalue weighted by atomic mass is 32.1. The third-order valence-corrected chi connectivity index (χ3v) is 4.58. The highest BCUT2D eigenvalue weighted by molar-refractivity contribution is 7.71. The van der Waals surface area contributed by atoms with E-state index in [4.69, 9.17) is 17.0 Å². The Labute approximate surface area is 130 Å². The first-order chi connectivity index (χ1) is 10.2. The largest absolute Gasteiger partial charge is 0.494 e. The number of benzene rings is 1. The van der Waals surface area contributed by atoms with Crippen LogP contribution >= 0.6 is 12.2 Å². The van der Waals surface area contributed by atoms with Gasteiger partial charge in [-0.3, -0.25) is 0 Å². The molecule has 4 nitrogen and oxygen atoms in total. The van der Waals surface area contributed by atoms with Crippen LogP contribution in [-0.4, -0.2) is 41.2 Å². The van der Waals surface area contributed by atoms with Crippen molar-refractivity contribution in [2.24, 2.45) is 5.92 Å². The molecule has 21 heavy (non-hydrogen) atoms. The Morgan fingerprint density at radius 3 is 2.76 bits per heavy atom. The summed E-state index contributed by atoms with van der Waals surface area (Å²) in [6, 6.07) is 6.09. The van der Waals surface area contributed by atoms with Gasteiger partial charge in [-0.05, 0) is 56.2 Å². The van der Waals surface area contributed by atoms with Crippen molar-refractivity contribution in [3.05, 3.63) is 23.0 Å². The second-order valence-corrected chi connectivity index (χ2v) is 6.39. The number of aromatic amines is 1. The van der Waals surface area contributed by atoms with Gasteiger partial charge >= 0.3 is 0 Å². The molecule has 1 aliphatic heterocycles. The standard InChI is InChI=1S/C16H23N3OS/c1-12(10-18-8-3-4-9-18)11-19-13-6-5-7-14(20-2)15(13)17-16(19)21/h5-7,12H,3-4,8-11H2,1-2H3,(H,17,21). The van der Waals surface area contributed by atoms with Crippen molar-refractivity contribution in [1.29, 1.82) is 0 Å². The fraction of sp³-hybridized carbons (Fsp3) is 0.562. The van der Waals surface area contributed by atoms with Gasteiger partial charge in [-0.25, -0.2) is 0 Å². The molecule has 0 radical (unpaired) electrons. The van der Waals surface area contributed by atoms with Gasteiger partial charge in [0.05, 0.1) is 12.6 Å². The molecule has 5 heteroatoms. The number of ether oxygens (including phenoxy) is 1. The van der Waals surface area contributed by atoms with Crippen molar-refractivity contribution < 1.29 is 4.74 Å². The lowest BCUT2D eigenvalue weighted by atomic mass is 10.1. The smallest absolute Gasteiger partial charge is 0.178 e. The molecule has 0 spiro atoms. The molecule has 1 aromatic carbocycles. The van der Waals surface area contributed by atoms with Crippen molar-refractivity contribution >= 4 is 23.3 Å². The Morgan fingerprint density at radius 2 is 2.05 bits per heavy atom. The van der Waals surface area contributed by atoms with E-state index < -0.39 is 0 Å². The summed E-state index contributed by atoms with van der Waals surface area (Å²) in [7, 11) is 1.69. The average Bonchev–Trinajstić information content (AvgIpc) is 3.07. The highest BCUT2D eigenvalue weighted by Crippen LogP contribution is 2.25. The predicted molar refractivity (Wildman–Crippen MR) is 88.5 cm³/mol. The van der Waals surface area contributed by atoms with E-state index in [-0.39, 0.29) is 0 Å². The summed E-state index contributed by atoms with van der Waals surface area (Å²) in [5, 5.41) is 0. The van der Waals surface area contributed by atoms with E-state index in [0.29, 0.717) is 5.92 Å². The zero-order chi connectivity index (χ0) is 14.8. The molecule has 2 heterocycles. The van der Waals surface area contributed by atoms with Crippen LogP contribution in [0.3, 0.4) is 0 Å². The second kappa shape index (κ2) is 6.20. The minimum Gasteiger partial charge on any atom is -0.494 e. The molecule has 1 N–H and O–H groups in total. The van der Waals surface area contributed by atoms with E-state index in [2.05, 4.69) is 27.4 Å². The van der Waals surface area contributed by atoms with Gasteiger partial charge < -0.3 is 19.2 Å². The van der Waals surface area contributed by atoms with Crippen LogP contribution in [0, 0.1) is 10.7 Å². The van der Waals surface area contributed by atoms with E-state index in [1.54, 1.807) is 7.11 Å². The summed E-state index contributed by atoms with van der Waals surface area (Å²) >= 11 is 5.50. The number of nitrogens with one attached hydrogen (secondary N) is 1. The summed E-state index contributed by atoms with van der Waals surface area (Å²) < 4.78 is 8.39. The van der Waals surface area contributed by atoms with E-state index in [0.717, 1.165) is 34.6 Å². The van der Waals surface area contributed by atoms with Crippen LogP contribution < -0.4 is 4.74 Å². The molecular weight excluding hydrogens is 282 g/mol. The van der Waals surface area contributed by atoms with Gasteiger partial charge in [0.2, 0.25) is 0 Å². The average molecular weight is 305 g/mol. The first-order valence-corrected chi connectivity index (χ1v) is 8.07. The number of rotatable bonds is 5. The number of hydrogen-bond acceptors (Lipinski definition) is 3. The molecule has 0 aliphatic carbocycles. The van der Waals surface area contributed by atoms with Crippen molar-refractivity contribution in [3.8, 4) is 5.75 Å². The summed E-state index contributed by atoms with van der Waals surface area (Å²) in [6.45, 7) is 6.90. The first-order valence-electron chi connectivity index (χ1n) is 7.67. The Kier molecular flexibility index (Phi) is 4.31. The van der Waals surface area contributed by atoms with E-state index in [9.17, 15) is 0 Å². The number of imidazole rings is 1. The minimum absolute atomic E-state index is 0.583. The summed E-state index contributed by atoms with van der Waals surface area (Å²) in [5.41, 5.74) is 2.13. The molecule has 0 bridgehead atoms. The molecule has 1 aliphatic rings. The van der Waals surface area contributed by atoms with Gasteiger partial charge in [0.25, 0.3) is 0 Å². The quantitative estimate of drug-likeness (QED) is 0.859. The topological polar surface area (TPSA) is 33.2 Å². The molecular formula is C16H23N3OS. The fourth-order valence-electron chi connectivity index (χ4n) is 3.28. The molecule has 1 atom stereocenters. The van der Waals surface area contributed by atoms with Crippen LogP contribution in [0.15, 0.2) is 18.2 Å². The van der Waals surface area contributed by atoms with Gasteiger partial charge in [-0.1, -0.05) is 13.0 Å². The molecule has 0 saturated carbocycles. The number of para-hydroxylation sites is 1. The van der Waals surface area contributed by atoms with Crippen LogP contribution in [0.5, 0.6) is 5.75 Å². The lowest BCUT2D eigenvalue weighted by Crippen LogP contribution is -2.27. The Bertz CT molecular complexity index is 670. The SMILES string of the molecule is COc1cccc2c1[nH]c(=S)n2CC(C)CN1CCCC1. The van der Waals surface area contributed by atoms with E-state index >= 15 is 0 Å². The molecule has 0 amide bonds. The number of fused-ring (bicyclic) bond motifs is 1. The summed E-state index contributed by atoms with van der Waals surface area (Å²) in [6.07, 6.45) is 2.69.